The lowest BCUT2D eigenvalue weighted by atomic mass is 10.0. The second-order valence-electron chi connectivity index (χ2n) is 15.8. The van der Waals surface area contributed by atoms with Crippen LogP contribution in [-0.2, 0) is 0 Å². The van der Waals surface area contributed by atoms with Gasteiger partial charge in [0, 0.05) is 43.9 Å². The van der Waals surface area contributed by atoms with Gasteiger partial charge in [0.25, 0.3) is 0 Å². The van der Waals surface area contributed by atoms with E-state index in [0.29, 0.717) is 5.82 Å². The fraction of sp³-hybridized carbons (Fsp3) is 0. The van der Waals surface area contributed by atoms with Crippen LogP contribution in [0.15, 0.2) is 231 Å². The minimum absolute atomic E-state index is 0.671. The van der Waals surface area contributed by atoms with Gasteiger partial charge in [-0.15, -0.1) is 0 Å². The van der Waals surface area contributed by atoms with Crippen molar-refractivity contribution in [2.45, 2.75) is 0 Å². The summed E-state index contributed by atoms with van der Waals surface area (Å²) in [5.41, 5.74) is 16.2. The first-order valence-electron chi connectivity index (χ1n) is 21.1. The van der Waals surface area contributed by atoms with Gasteiger partial charge >= 0.3 is 0 Å². The van der Waals surface area contributed by atoms with E-state index in [2.05, 4.69) is 234 Å². The van der Waals surface area contributed by atoms with Gasteiger partial charge in [-0.25, -0.2) is 9.97 Å². The van der Waals surface area contributed by atoms with Crippen molar-refractivity contribution in [2.75, 3.05) is 0 Å². The number of fused-ring (bicyclic) bond motifs is 6. The second-order valence-corrected chi connectivity index (χ2v) is 15.8. The van der Waals surface area contributed by atoms with Crippen molar-refractivity contribution in [1.29, 1.82) is 0 Å². The van der Waals surface area contributed by atoms with Crippen LogP contribution < -0.4 is 0 Å². The summed E-state index contributed by atoms with van der Waals surface area (Å²) in [5.74, 6) is 0.671. The van der Waals surface area contributed by atoms with Gasteiger partial charge in [0.15, 0.2) is 5.82 Å². The highest BCUT2D eigenvalue weighted by Crippen LogP contribution is 2.42. The zero-order valence-corrected chi connectivity index (χ0v) is 33.7. The summed E-state index contributed by atoms with van der Waals surface area (Å²) >= 11 is 0. The molecule has 12 aromatic rings. The first-order valence-corrected chi connectivity index (χ1v) is 21.1. The molecule has 0 radical (unpaired) electrons. The average molecular weight is 791 g/mol. The SMILES string of the molecule is c1ccc(-c2ccc(-n3c4ccccc4c4cc5c(cc43)c3ccccc3n5-c3ccccc3-c3nc(-c4ccccc4)cc(-c4cccc(-c5ccccc5)c4)n3)cc2)cc1. The Morgan fingerprint density at radius 3 is 1.40 bits per heavy atom. The maximum atomic E-state index is 5.39. The molecule has 0 amide bonds. The molecule has 62 heavy (non-hydrogen) atoms. The molecule has 0 fully saturated rings. The first-order chi connectivity index (χ1) is 30.7. The summed E-state index contributed by atoms with van der Waals surface area (Å²) in [7, 11) is 0. The van der Waals surface area contributed by atoms with Crippen molar-refractivity contribution < 1.29 is 0 Å². The van der Waals surface area contributed by atoms with Crippen LogP contribution in [0, 0.1) is 0 Å². The number of hydrogen-bond donors (Lipinski definition) is 0. The zero-order chi connectivity index (χ0) is 41.0. The molecule has 290 valence electrons. The number of hydrogen-bond acceptors (Lipinski definition) is 2. The Morgan fingerprint density at radius 2 is 0.742 bits per heavy atom. The van der Waals surface area contributed by atoms with E-state index in [-0.39, 0.29) is 0 Å². The molecule has 0 unspecified atom stereocenters. The Balaban J connectivity index is 1.07. The van der Waals surface area contributed by atoms with Crippen LogP contribution in [0.2, 0.25) is 0 Å². The monoisotopic (exact) mass is 790 g/mol. The van der Waals surface area contributed by atoms with Crippen molar-refractivity contribution in [3.63, 3.8) is 0 Å². The Hall–Kier alpha value is -8.34. The van der Waals surface area contributed by atoms with E-state index in [4.69, 9.17) is 9.97 Å². The molecule has 4 nitrogen and oxygen atoms in total. The zero-order valence-electron chi connectivity index (χ0n) is 33.7. The van der Waals surface area contributed by atoms with Gasteiger partial charge in [0.1, 0.15) is 0 Å². The van der Waals surface area contributed by atoms with E-state index in [0.717, 1.165) is 56.0 Å². The van der Waals surface area contributed by atoms with Gasteiger partial charge in [0.05, 0.1) is 39.1 Å². The largest absolute Gasteiger partial charge is 0.309 e. The van der Waals surface area contributed by atoms with Gasteiger partial charge in [0.2, 0.25) is 0 Å². The third-order valence-electron chi connectivity index (χ3n) is 12.1. The Kier molecular flexibility index (Phi) is 8.46. The lowest BCUT2D eigenvalue weighted by Crippen LogP contribution is -2.01. The minimum atomic E-state index is 0.671. The summed E-state index contributed by atoms with van der Waals surface area (Å²) in [4.78, 5) is 10.7. The molecule has 0 spiro atoms. The Morgan fingerprint density at radius 1 is 0.274 bits per heavy atom. The van der Waals surface area contributed by atoms with Crippen molar-refractivity contribution in [3.8, 4) is 67.5 Å². The molecule has 0 aliphatic rings. The van der Waals surface area contributed by atoms with E-state index >= 15 is 0 Å². The van der Waals surface area contributed by atoms with Crippen molar-refractivity contribution in [1.82, 2.24) is 19.1 Å². The molecule has 0 N–H and O–H groups in total. The third kappa shape index (κ3) is 6.00. The molecule has 0 saturated heterocycles. The van der Waals surface area contributed by atoms with Crippen LogP contribution in [0.25, 0.3) is 111 Å². The van der Waals surface area contributed by atoms with E-state index in [1.54, 1.807) is 0 Å². The summed E-state index contributed by atoms with van der Waals surface area (Å²) < 4.78 is 4.82. The maximum absolute atomic E-state index is 5.39. The van der Waals surface area contributed by atoms with Crippen LogP contribution in [0.3, 0.4) is 0 Å². The number of nitrogens with zero attached hydrogens (tertiary/aromatic N) is 4. The lowest BCUT2D eigenvalue weighted by molar-refractivity contribution is 1.14. The van der Waals surface area contributed by atoms with E-state index in [1.165, 1.54) is 49.3 Å². The highest BCUT2D eigenvalue weighted by Gasteiger charge is 2.21. The molecule has 0 aliphatic heterocycles. The topological polar surface area (TPSA) is 35.6 Å². The molecule has 9 aromatic carbocycles. The summed E-state index contributed by atoms with van der Waals surface area (Å²) in [6.45, 7) is 0. The molecule has 12 rings (SSSR count). The first kappa shape index (κ1) is 35.6. The Labute approximate surface area is 359 Å². The maximum Gasteiger partial charge on any atom is 0.162 e. The minimum Gasteiger partial charge on any atom is -0.309 e. The molecule has 0 bridgehead atoms. The lowest BCUT2D eigenvalue weighted by Gasteiger charge is -2.15. The van der Waals surface area contributed by atoms with Crippen LogP contribution in [0.1, 0.15) is 0 Å². The number of benzene rings is 9. The molecular weight excluding hydrogens is 753 g/mol. The standard InChI is InChI=1S/C58H38N4/c1-4-17-39(18-5-1)41-31-33-45(34-32-41)61-53-28-13-10-25-46(53)49-37-57-50(36-56(49)61)47-26-11-14-29-54(47)62(57)55-30-15-12-27-48(55)58-59-51(42-21-8-3-9-22-42)38-52(60-58)44-24-16-23-43(35-44)40-19-6-2-7-20-40/h1-38H. The average Bonchev–Trinajstić information content (AvgIpc) is 3.86. The second kappa shape index (κ2) is 14.7. The fourth-order valence-electron chi connectivity index (χ4n) is 9.22. The van der Waals surface area contributed by atoms with Crippen LogP contribution >= 0.6 is 0 Å². The summed E-state index contributed by atoms with van der Waals surface area (Å²) in [5, 5.41) is 4.78. The molecular formula is C58H38N4. The predicted molar refractivity (Wildman–Crippen MR) is 258 cm³/mol. The molecule has 3 aromatic heterocycles. The van der Waals surface area contributed by atoms with Crippen molar-refractivity contribution in [3.05, 3.63) is 231 Å². The third-order valence-corrected chi connectivity index (χ3v) is 12.1. The number of para-hydroxylation sites is 3. The summed E-state index contributed by atoms with van der Waals surface area (Å²) in [6, 6.07) is 82.1. The van der Waals surface area contributed by atoms with Crippen LogP contribution in [0.5, 0.6) is 0 Å². The van der Waals surface area contributed by atoms with Gasteiger partial charge in [-0.3, -0.25) is 0 Å². The molecule has 0 atom stereocenters. The predicted octanol–water partition coefficient (Wildman–Crippen LogP) is 15.0. The van der Waals surface area contributed by atoms with Gasteiger partial charge < -0.3 is 9.13 Å². The van der Waals surface area contributed by atoms with Gasteiger partial charge in [-0.2, -0.15) is 0 Å². The molecule has 4 heteroatoms. The highest BCUT2D eigenvalue weighted by molar-refractivity contribution is 6.19. The molecule has 0 saturated carbocycles. The van der Waals surface area contributed by atoms with E-state index < -0.39 is 0 Å². The van der Waals surface area contributed by atoms with Gasteiger partial charge in [-0.1, -0.05) is 170 Å². The number of aromatic nitrogens is 4. The summed E-state index contributed by atoms with van der Waals surface area (Å²) in [6.07, 6.45) is 0. The number of rotatable bonds is 7. The molecule has 0 aliphatic carbocycles. The Bertz CT molecular complexity index is 3600. The normalized spacial score (nSPS) is 11.5. The van der Waals surface area contributed by atoms with Crippen LogP contribution in [-0.4, -0.2) is 19.1 Å². The van der Waals surface area contributed by atoms with Crippen LogP contribution in [0.4, 0.5) is 0 Å². The molecule has 3 heterocycles. The van der Waals surface area contributed by atoms with Crippen molar-refractivity contribution in [2.24, 2.45) is 0 Å². The smallest absolute Gasteiger partial charge is 0.162 e. The quantitative estimate of drug-likeness (QED) is 0.161. The van der Waals surface area contributed by atoms with E-state index in [9.17, 15) is 0 Å². The van der Waals surface area contributed by atoms with E-state index in [1.807, 2.05) is 6.07 Å². The van der Waals surface area contributed by atoms with Crippen molar-refractivity contribution >= 4 is 43.6 Å². The fourth-order valence-corrected chi connectivity index (χ4v) is 9.22. The highest BCUT2D eigenvalue weighted by atomic mass is 15.0. The van der Waals surface area contributed by atoms with Gasteiger partial charge in [-0.05, 0) is 82.9 Å².